The number of benzene rings is 1. The molecule has 4 amide bonds. The van der Waals surface area contributed by atoms with E-state index in [1.165, 1.54) is 0 Å². The number of hydrogen-bond acceptors (Lipinski definition) is 7. The van der Waals surface area contributed by atoms with Gasteiger partial charge in [0.15, 0.2) is 0 Å². The molecule has 0 N–H and O–H groups in total. The van der Waals surface area contributed by atoms with Gasteiger partial charge in [0.05, 0.1) is 24.3 Å². The van der Waals surface area contributed by atoms with Crippen LogP contribution in [0.3, 0.4) is 0 Å². The van der Waals surface area contributed by atoms with E-state index < -0.39 is 35.2 Å². The molecule has 1 aliphatic heterocycles. The molecular weight excluding hydrogens is 392 g/mol. The summed E-state index contributed by atoms with van der Waals surface area (Å²) < 4.78 is 10.3. The molecule has 9 heteroatoms. The summed E-state index contributed by atoms with van der Waals surface area (Å²) in [4.78, 5) is 55.7. The number of carbonyl (C=O) groups is 4. The molecular formula is C21H30N2O7. The van der Waals surface area contributed by atoms with Gasteiger partial charge in [-0.1, -0.05) is 24.6 Å². The van der Waals surface area contributed by atoms with Gasteiger partial charge in [0.1, 0.15) is 11.2 Å². The number of nitrogens with zero attached hydrogens (tertiary/aromatic N) is 2. The minimum atomic E-state index is -1.06. The third-order valence-corrected chi connectivity index (χ3v) is 3.53. The van der Waals surface area contributed by atoms with Gasteiger partial charge in [0.25, 0.3) is 11.8 Å². The topological polar surface area (TPSA) is 102 Å². The summed E-state index contributed by atoms with van der Waals surface area (Å²) in [6, 6.07) is 6.45. The zero-order chi connectivity index (χ0) is 22.0. The van der Waals surface area contributed by atoms with Crippen molar-refractivity contribution < 1.29 is 33.5 Å². The van der Waals surface area contributed by atoms with E-state index in [1.54, 1.807) is 65.8 Å². The normalized spacial score (nSPS) is 13.5. The van der Waals surface area contributed by atoms with E-state index in [2.05, 4.69) is 0 Å². The van der Waals surface area contributed by atoms with Crippen molar-refractivity contribution in [3.05, 3.63) is 35.4 Å². The Morgan fingerprint density at radius 3 is 1.63 bits per heavy atom. The molecule has 0 aliphatic carbocycles. The van der Waals surface area contributed by atoms with Crippen molar-refractivity contribution in [2.24, 2.45) is 0 Å². The van der Waals surface area contributed by atoms with E-state index in [4.69, 9.17) is 14.3 Å². The molecule has 0 fully saturated rings. The number of amides is 4. The molecule has 0 aromatic heterocycles. The van der Waals surface area contributed by atoms with E-state index in [0.29, 0.717) is 16.2 Å². The average molecular weight is 422 g/mol. The fraction of sp³-hybridized carbons (Fsp3) is 0.524. The molecule has 0 saturated carbocycles. The van der Waals surface area contributed by atoms with Crippen LogP contribution in [0.15, 0.2) is 24.3 Å². The van der Waals surface area contributed by atoms with Crippen molar-refractivity contribution in [1.29, 1.82) is 0 Å². The largest absolute Gasteiger partial charge is 0.444 e. The zero-order valence-corrected chi connectivity index (χ0v) is 17.5. The van der Waals surface area contributed by atoms with E-state index in [0.717, 1.165) is 4.90 Å². The van der Waals surface area contributed by atoms with Crippen molar-refractivity contribution in [3.63, 3.8) is 0 Å². The van der Waals surface area contributed by atoms with Gasteiger partial charge in [0.2, 0.25) is 0 Å². The Kier molecular flexibility index (Phi) is 7.74. The summed E-state index contributed by atoms with van der Waals surface area (Å²) in [5, 5.41) is 0.356. The zero-order valence-electron chi connectivity index (χ0n) is 17.5. The molecule has 0 saturated heterocycles. The highest BCUT2D eigenvalue weighted by Gasteiger charge is 2.36. The Balaban J connectivity index is 0.00000450. The van der Waals surface area contributed by atoms with Crippen LogP contribution in [-0.4, -0.2) is 58.3 Å². The van der Waals surface area contributed by atoms with E-state index in [1.807, 2.05) is 0 Å². The molecule has 30 heavy (non-hydrogen) atoms. The van der Waals surface area contributed by atoms with Crippen LogP contribution in [0.4, 0.5) is 9.59 Å². The highest BCUT2D eigenvalue weighted by molar-refractivity contribution is 6.21. The van der Waals surface area contributed by atoms with Crippen LogP contribution in [0.1, 0.15) is 69.7 Å². The second-order valence-electron chi connectivity index (χ2n) is 8.40. The molecule has 0 unspecified atom stereocenters. The van der Waals surface area contributed by atoms with Gasteiger partial charge in [-0.2, -0.15) is 0 Å². The Bertz CT molecular complexity index is 758. The van der Waals surface area contributed by atoms with Gasteiger partial charge in [0, 0.05) is 0 Å². The molecule has 1 aliphatic rings. The first-order chi connectivity index (χ1) is 13.3. The Hall–Kier alpha value is -2.94. The molecule has 1 aromatic carbocycles. The molecule has 0 radical (unpaired) electrons. The molecule has 1 heterocycles. The Morgan fingerprint density at radius 1 is 0.867 bits per heavy atom. The van der Waals surface area contributed by atoms with Crippen molar-refractivity contribution in [2.75, 3.05) is 13.2 Å². The number of fused-ring (bicyclic) bond motifs is 1. The van der Waals surface area contributed by atoms with Crippen LogP contribution in [0, 0.1) is 0 Å². The average Bonchev–Trinajstić information content (AvgIpc) is 2.80. The number of carbonyl (C=O) groups excluding carboxylic acids is 4. The second kappa shape index (κ2) is 9.25. The molecule has 0 atom stereocenters. The maximum Gasteiger partial charge on any atom is 0.444 e. The fourth-order valence-corrected chi connectivity index (χ4v) is 2.45. The summed E-state index contributed by atoms with van der Waals surface area (Å²) in [6.45, 7) is 9.36. The van der Waals surface area contributed by atoms with Crippen molar-refractivity contribution in [3.8, 4) is 0 Å². The predicted molar refractivity (Wildman–Crippen MR) is 109 cm³/mol. The number of rotatable bonds is 4. The fourth-order valence-electron chi connectivity index (χ4n) is 2.45. The van der Waals surface area contributed by atoms with Crippen LogP contribution in [-0.2, 0) is 14.3 Å². The lowest BCUT2D eigenvalue weighted by Crippen LogP contribution is -2.45. The minimum absolute atomic E-state index is 0. The molecule has 166 valence electrons. The summed E-state index contributed by atoms with van der Waals surface area (Å²) >= 11 is 0. The van der Waals surface area contributed by atoms with Crippen LogP contribution < -0.4 is 0 Å². The maximum atomic E-state index is 12.4. The first-order valence-electron chi connectivity index (χ1n) is 9.14. The predicted octanol–water partition coefficient (Wildman–Crippen LogP) is 4.02. The number of ether oxygens (including phenoxy) is 2. The van der Waals surface area contributed by atoms with Crippen LogP contribution in [0.25, 0.3) is 0 Å². The molecule has 2 rings (SSSR count). The first kappa shape index (κ1) is 25.1. The van der Waals surface area contributed by atoms with Crippen molar-refractivity contribution >= 4 is 24.0 Å². The lowest BCUT2D eigenvalue weighted by molar-refractivity contribution is -0.139. The monoisotopic (exact) mass is 422 g/mol. The second-order valence-corrected chi connectivity index (χ2v) is 8.40. The van der Waals surface area contributed by atoms with Gasteiger partial charge < -0.3 is 9.47 Å². The van der Waals surface area contributed by atoms with Gasteiger partial charge >= 0.3 is 12.2 Å². The maximum absolute atomic E-state index is 12.4. The molecule has 1 aromatic rings. The van der Waals surface area contributed by atoms with E-state index in [-0.39, 0.29) is 20.6 Å². The standard InChI is InChI=1S/C20H26N2O7.CH4/c1-19(2,3)28-17(25)22(18(26)29-20(4,5)6)27-12-11-21-15(23)13-9-7-8-10-14(13)16(21)24;/h7-10H,11-12H2,1-6H3;1H4. The Morgan fingerprint density at radius 2 is 1.27 bits per heavy atom. The summed E-state index contributed by atoms with van der Waals surface area (Å²) in [5.41, 5.74) is -1.14. The summed E-state index contributed by atoms with van der Waals surface area (Å²) in [6.07, 6.45) is -2.12. The van der Waals surface area contributed by atoms with E-state index in [9.17, 15) is 19.2 Å². The number of hydrogen-bond donors (Lipinski definition) is 0. The SMILES string of the molecule is C.CC(C)(C)OC(=O)N(OCCN1C(=O)c2ccccc2C1=O)C(=O)OC(C)(C)C. The smallest absolute Gasteiger partial charge is 0.442 e. The summed E-state index contributed by atoms with van der Waals surface area (Å²) in [5.74, 6) is -0.925. The lowest BCUT2D eigenvalue weighted by Gasteiger charge is -2.28. The van der Waals surface area contributed by atoms with E-state index >= 15 is 0 Å². The van der Waals surface area contributed by atoms with Gasteiger partial charge in [-0.15, -0.1) is 0 Å². The van der Waals surface area contributed by atoms with Crippen LogP contribution >= 0.6 is 0 Å². The lowest BCUT2D eigenvalue weighted by atomic mass is 10.1. The summed E-state index contributed by atoms with van der Waals surface area (Å²) in [7, 11) is 0. The third-order valence-electron chi connectivity index (χ3n) is 3.53. The molecule has 0 spiro atoms. The minimum Gasteiger partial charge on any atom is -0.442 e. The van der Waals surface area contributed by atoms with Crippen molar-refractivity contribution in [1.82, 2.24) is 9.96 Å². The highest BCUT2D eigenvalue weighted by atomic mass is 16.8. The van der Waals surface area contributed by atoms with Crippen LogP contribution in [0.5, 0.6) is 0 Å². The van der Waals surface area contributed by atoms with Gasteiger partial charge in [-0.05, 0) is 53.7 Å². The molecule has 9 nitrogen and oxygen atoms in total. The third kappa shape index (κ3) is 6.28. The number of hydroxylamine groups is 2. The van der Waals surface area contributed by atoms with Gasteiger partial charge in [-0.3, -0.25) is 19.3 Å². The van der Waals surface area contributed by atoms with Gasteiger partial charge in [-0.25, -0.2) is 9.59 Å². The Labute approximate surface area is 176 Å². The highest BCUT2D eigenvalue weighted by Crippen LogP contribution is 2.22. The van der Waals surface area contributed by atoms with Crippen LogP contribution in [0.2, 0.25) is 0 Å². The quantitative estimate of drug-likeness (QED) is 0.533. The van der Waals surface area contributed by atoms with Crippen molar-refractivity contribution in [2.45, 2.75) is 60.2 Å². The molecule has 0 bridgehead atoms. The number of imide groups is 2. The first-order valence-corrected chi connectivity index (χ1v) is 9.14.